The minimum Gasteiger partial charge on any atom is -0.323 e. The molecule has 0 atom stereocenters. The second-order valence-corrected chi connectivity index (χ2v) is 6.93. The summed E-state index contributed by atoms with van der Waals surface area (Å²) in [4.78, 5) is 25.2. The number of aromatic nitrogens is 5. The van der Waals surface area contributed by atoms with Crippen molar-refractivity contribution in [1.82, 2.24) is 24.4 Å². The van der Waals surface area contributed by atoms with Gasteiger partial charge in [0.2, 0.25) is 5.91 Å². The lowest BCUT2D eigenvalue weighted by Crippen LogP contribution is -2.30. The van der Waals surface area contributed by atoms with Crippen LogP contribution in [0.25, 0.3) is 16.4 Å². The van der Waals surface area contributed by atoms with E-state index in [1.807, 2.05) is 19.1 Å². The van der Waals surface area contributed by atoms with Crippen LogP contribution in [0, 0.1) is 0 Å². The average Bonchev–Trinajstić information content (AvgIpc) is 3.11. The Hall–Kier alpha value is -3.07. The van der Waals surface area contributed by atoms with Gasteiger partial charge in [-0.2, -0.15) is 5.10 Å². The van der Waals surface area contributed by atoms with Crippen molar-refractivity contribution in [1.29, 1.82) is 0 Å². The third-order valence-corrected chi connectivity index (χ3v) is 4.69. The predicted molar refractivity (Wildman–Crippen MR) is 105 cm³/mol. The molecule has 0 unspecified atom stereocenters. The van der Waals surface area contributed by atoms with E-state index >= 15 is 0 Å². The van der Waals surface area contributed by atoms with E-state index in [4.69, 9.17) is 0 Å². The molecule has 0 saturated heterocycles. The standard InChI is InChI=1S/C18H15BrN6O2/c1-2-15-14-7-11(19)3-5-13(14)18(27)25(23-15)9-17(26)21-12-4-6-16-22-20-10-24(16)8-12/h3-8,10H,2,9H2,1H3,(H,21,26). The van der Waals surface area contributed by atoms with Crippen LogP contribution in [-0.4, -0.2) is 30.3 Å². The van der Waals surface area contributed by atoms with Gasteiger partial charge in [-0.3, -0.25) is 14.0 Å². The second-order valence-electron chi connectivity index (χ2n) is 6.02. The van der Waals surface area contributed by atoms with Crippen LogP contribution < -0.4 is 10.9 Å². The number of nitrogens with one attached hydrogen (secondary N) is 1. The third-order valence-electron chi connectivity index (χ3n) is 4.20. The van der Waals surface area contributed by atoms with Gasteiger partial charge >= 0.3 is 0 Å². The van der Waals surface area contributed by atoms with Crippen molar-refractivity contribution >= 4 is 43.9 Å². The molecule has 0 bridgehead atoms. The van der Waals surface area contributed by atoms with Gasteiger partial charge < -0.3 is 5.32 Å². The van der Waals surface area contributed by atoms with E-state index in [1.54, 1.807) is 35.1 Å². The molecule has 4 rings (SSSR count). The zero-order chi connectivity index (χ0) is 19.0. The summed E-state index contributed by atoms with van der Waals surface area (Å²) < 4.78 is 3.79. The lowest BCUT2D eigenvalue weighted by Gasteiger charge is -2.11. The van der Waals surface area contributed by atoms with Gasteiger partial charge in [-0.15, -0.1) is 10.2 Å². The van der Waals surface area contributed by atoms with Gasteiger partial charge in [0.1, 0.15) is 12.9 Å². The maximum absolute atomic E-state index is 12.7. The zero-order valence-electron chi connectivity index (χ0n) is 14.4. The third kappa shape index (κ3) is 3.33. The van der Waals surface area contributed by atoms with Crippen LogP contribution >= 0.6 is 15.9 Å². The number of carbonyl (C=O) groups excluding carboxylic acids is 1. The van der Waals surface area contributed by atoms with Gasteiger partial charge in [-0.05, 0) is 36.8 Å². The molecule has 0 aliphatic carbocycles. The minimum atomic E-state index is -0.337. The Labute approximate surface area is 162 Å². The van der Waals surface area contributed by atoms with E-state index in [2.05, 4.69) is 36.5 Å². The molecule has 27 heavy (non-hydrogen) atoms. The van der Waals surface area contributed by atoms with E-state index < -0.39 is 0 Å². The first kappa shape index (κ1) is 17.3. The van der Waals surface area contributed by atoms with Crippen molar-refractivity contribution in [3.63, 3.8) is 0 Å². The average molecular weight is 427 g/mol. The summed E-state index contributed by atoms with van der Waals surface area (Å²) in [6.45, 7) is 1.80. The van der Waals surface area contributed by atoms with Gasteiger partial charge in [-0.25, -0.2) is 4.68 Å². The molecule has 1 amide bonds. The molecule has 0 saturated carbocycles. The second kappa shape index (κ2) is 6.92. The first-order chi connectivity index (χ1) is 13.0. The summed E-state index contributed by atoms with van der Waals surface area (Å²) in [6, 6.07) is 8.91. The van der Waals surface area contributed by atoms with Crippen LogP contribution in [0.15, 0.2) is 52.1 Å². The summed E-state index contributed by atoms with van der Waals surface area (Å²) in [5.41, 5.74) is 1.74. The Morgan fingerprint density at radius 3 is 2.89 bits per heavy atom. The quantitative estimate of drug-likeness (QED) is 0.540. The highest BCUT2D eigenvalue weighted by Gasteiger charge is 2.13. The largest absolute Gasteiger partial charge is 0.323 e. The normalized spacial score (nSPS) is 11.2. The molecule has 1 N–H and O–H groups in total. The predicted octanol–water partition coefficient (Wildman–Crippen LogP) is 2.40. The van der Waals surface area contributed by atoms with Crippen LogP contribution in [0.2, 0.25) is 0 Å². The van der Waals surface area contributed by atoms with E-state index in [0.29, 0.717) is 23.1 Å². The van der Waals surface area contributed by atoms with Crippen LogP contribution in [0.3, 0.4) is 0 Å². The van der Waals surface area contributed by atoms with Crippen molar-refractivity contribution < 1.29 is 4.79 Å². The number of anilines is 1. The molecule has 0 aliphatic rings. The maximum Gasteiger partial charge on any atom is 0.275 e. The number of aryl methyl sites for hydroxylation is 1. The summed E-state index contributed by atoms with van der Waals surface area (Å²) >= 11 is 3.42. The van der Waals surface area contributed by atoms with Gasteiger partial charge in [0.05, 0.1) is 16.8 Å². The summed E-state index contributed by atoms with van der Waals surface area (Å²) in [5.74, 6) is -0.337. The molecule has 0 spiro atoms. The molecule has 0 fully saturated rings. The Morgan fingerprint density at radius 1 is 1.22 bits per heavy atom. The molecule has 8 nitrogen and oxygen atoms in total. The van der Waals surface area contributed by atoms with Crippen LogP contribution in [0.4, 0.5) is 5.69 Å². The lowest BCUT2D eigenvalue weighted by molar-refractivity contribution is -0.117. The molecule has 1 aromatic carbocycles. The maximum atomic E-state index is 12.7. The molecule has 136 valence electrons. The number of nitrogens with zero attached hydrogens (tertiary/aromatic N) is 5. The molecule has 4 aromatic rings. The highest BCUT2D eigenvalue weighted by Crippen LogP contribution is 2.20. The fourth-order valence-corrected chi connectivity index (χ4v) is 3.29. The fraction of sp³-hybridized carbons (Fsp3) is 0.167. The molecule has 3 aromatic heterocycles. The molecule has 3 heterocycles. The number of amides is 1. The summed E-state index contributed by atoms with van der Waals surface area (Å²) in [5, 5.41) is 16.2. The van der Waals surface area contributed by atoms with Crippen molar-refractivity contribution in [2.75, 3.05) is 5.32 Å². The van der Waals surface area contributed by atoms with Crippen molar-refractivity contribution in [3.8, 4) is 0 Å². The molecular weight excluding hydrogens is 412 g/mol. The molecular formula is C18H15BrN6O2. The smallest absolute Gasteiger partial charge is 0.275 e. The number of carbonyl (C=O) groups is 1. The van der Waals surface area contributed by atoms with E-state index in [9.17, 15) is 9.59 Å². The highest BCUT2D eigenvalue weighted by molar-refractivity contribution is 9.10. The number of benzene rings is 1. The Kier molecular flexibility index (Phi) is 4.44. The highest BCUT2D eigenvalue weighted by atomic mass is 79.9. The zero-order valence-corrected chi connectivity index (χ0v) is 16.0. The van der Waals surface area contributed by atoms with E-state index in [0.717, 1.165) is 15.6 Å². The van der Waals surface area contributed by atoms with Gasteiger partial charge in [0.15, 0.2) is 5.65 Å². The summed E-state index contributed by atoms with van der Waals surface area (Å²) in [6.07, 6.45) is 3.91. The molecule has 0 radical (unpaired) electrons. The van der Waals surface area contributed by atoms with Gasteiger partial charge in [-0.1, -0.05) is 22.9 Å². The Balaban J connectivity index is 1.64. The Bertz CT molecular complexity index is 1230. The van der Waals surface area contributed by atoms with Crippen molar-refractivity contribution in [2.45, 2.75) is 19.9 Å². The van der Waals surface area contributed by atoms with Gasteiger partial charge in [0.25, 0.3) is 5.56 Å². The van der Waals surface area contributed by atoms with Gasteiger partial charge in [0, 0.05) is 16.1 Å². The first-order valence-electron chi connectivity index (χ1n) is 8.33. The lowest BCUT2D eigenvalue weighted by atomic mass is 10.1. The number of halogens is 1. The molecule has 9 heteroatoms. The van der Waals surface area contributed by atoms with Crippen LogP contribution in [-0.2, 0) is 17.8 Å². The van der Waals surface area contributed by atoms with Crippen LogP contribution in [0.5, 0.6) is 0 Å². The number of pyridine rings is 1. The molecule has 0 aliphatic heterocycles. The van der Waals surface area contributed by atoms with Crippen molar-refractivity contribution in [2.24, 2.45) is 0 Å². The number of hydrogen-bond acceptors (Lipinski definition) is 5. The number of fused-ring (bicyclic) bond motifs is 2. The van der Waals surface area contributed by atoms with Crippen molar-refractivity contribution in [3.05, 3.63) is 63.4 Å². The van der Waals surface area contributed by atoms with E-state index in [-0.39, 0.29) is 18.0 Å². The number of hydrogen-bond donors (Lipinski definition) is 1. The first-order valence-corrected chi connectivity index (χ1v) is 9.13. The number of rotatable bonds is 4. The van der Waals surface area contributed by atoms with E-state index in [1.165, 1.54) is 4.68 Å². The van der Waals surface area contributed by atoms with Crippen LogP contribution in [0.1, 0.15) is 12.6 Å². The fourth-order valence-electron chi connectivity index (χ4n) is 2.93. The Morgan fingerprint density at radius 2 is 2.07 bits per heavy atom. The topological polar surface area (TPSA) is 94.2 Å². The SMILES string of the molecule is CCc1nn(CC(=O)Nc2ccc3nncn3c2)c(=O)c2ccc(Br)cc12. The monoisotopic (exact) mass is 426 g/mol. The summed E-state index contributed by atoms with van der Waals surface area (Å²) in [7, 11) is 0. The minimum absolute atomic E-state index is 0.169.